The third-order valence-electron chi connectivity index (χ3n) is 5.13. The van der Waals surface area contributed by atoms with Crippen molar-refractivity contribution in [3.05, 3.63) is 0 Å². The Labute approximate surface area is 134 Å². The van der Waals surface area contributed by atoms with Crippen molar-refractivity contribution in [2.24, 2.45) is 0 Å². The van der Waals surface area contributed by atoms with Gasteiger partial charge in [0.1, 0.15) is 6.10 Å². The van der Waals surface area contributed by atoms with E-state index in [2.05, 4.69) is 11.8 Å². The lowest BCUT2D eigenvalue weighted by molar-refractivity contribution is -0.150. The van der Waals surface area contributed by atoms with Crippen molar-refractivity contribution in [3.8, 4) is 0 Å². The fraction of sp³-hybridized carbons (Fsp3) is 0.941. The number of hydrogen-bond donors (Lipinski definition) is 1. The minimum Gasteiger partial charge on any atom is -0.395 e. The highest BCUT2D eigenvalue weighted by Crippen LogP contribution is 2.23. The van der Waals surface area contributed by atoms with Crippen molar-refractivity contribution in [3.63, 3.8) is 0 Å². The Bertz CT molecular complexity index is 333. The van der Waals surface area contributed by atoms with E-state index in [-0.39, 0.29) is 30.8 Å². The first-order valence-electron chi connectivity index (χ1n) is 8.98. The molecule has 2 aliphatic rings. The average Bonchev–Trinajstić information content (AvgIpc) is 3.07. The van der Waals surface area contributed by atoms with Gasteiger partial charge >= 0.3 is 0 Å². The second-order valence-corrected chi connectivity index (χ2v) is 6.55. The molecule has 0 radical (unpaired) electrons. The quantitative estimate of drug-likeness (QED) is 0.776. The van der Waals surface area contributed by atoms with Crippen LogP contribution in [0, 0.1) is 0 Å². The molecule has 2 rings (SSSR count). The molecule has 128 valence electrons. The van der Waals surface area contributed by atoms with Crippen LogP contribution < -0.4 is 0 Å². The molecular formula is C17H32N2O3. The summed E-state index contributed by atoms with van der Waals surface area (Å²) in [5.41, 5.74) is 0. The zero-order valence-corrected chi connectivity index (χ0v) is 14.2. The summed E-state index contributed by atoms with van der Waals surface area (Å²) in [5.74, 6) is 0.158. The minimum absolute atomic E-state index is 0.158. The summed E-state index contributed by atoms with van der Waals surface area (Å²) in [6, 6.07) is 0.231. The summed E-state index contributed by atoms with van der Waals surface area (Å²) in [7, 11) is 0. The minimum atomic E-state index is -0.269. The molecule has 1 saturated carbocycles. The molecule has 0 aromatic heterocycles. The van der Waals surface area contributed by atoms with Crippen LogP contribution in [0.25, 0.3) is 0 Å². The fourth-order valence-corrected chi connectivity index (χ4v) is 3.60. The molecule has 2 atom stereocenters. The third kappa shape index (κ3) is 4.43. The number of aliphatic hydroxyl groups excluding tert-OH is 1. The SMILES string of the molecule is CCC(OC1CCCC1)C(=O)N1CCN(C(CC)CO)CC1. The molecular weight excluding hydrogens is 280 g/mol. The highest BCUT2D eigenvalue weighted by Gasteiger charge is 2.31. The Morgan fingerprint density at radius 3 is 2.27 bits per heavy atom. The summed E-state index contributed by atoms with van der Waals surface area (Å²) in [6.07, 6.45) is 6.39. The molecule has 1 saturated heterocycles. The van der Waals surface area contributed by atoms with E-state index in [1.807, 2.05) is 11.8 Å². The van der Waals surface area contributed by atoms with Gasteiger partial charge in [-0.3, -0.25) is 9.69 Å². The summed E-state index contributed by atoms with van der Waals surface area (Å²) in [4.78, 5) is 16.9. The number of amides is 1. The summed E-state index contributed by atoms with van der Waals surface area (Å²) in [5, 5.41) is 9.40. The second-order valence-electron chi connectivity index (χ2n) is 6.55. The molecule has 1 heterocycles. The number of ether oxygens (including phenoxy) is 1. The van der Waals surface area contributed by atoms with Crippen LogP contribution in [0.15, 0.2) is 0 Å². The van der Waals surface area contributed by atoms with Gasteiger partial charge in [-0.15, -0.1) is 0 Å². The van der Waals surface area contributed by atoms with Gasteiger partial charge in [0.25, 0.3) is 5.91 Å². The largest absolute Gasteiger partial charge is 0.395 e. The van der Waals surface area contributed by atoms with Gasteiger partial charge in [0.05, 0.1) is 12.7 Å². The van der Waals surface area contributed by atoms with Gasteiger partial charge < -0.3 is 14.7 Å². The molecule has 1 aliphatic heterocycles. The molecule has 5 heteroatoms. The molecule has 22 heavy (non-hydrogen) atoms. The zero-order valence-electron chi connectivity index (χ0n) is 14.2. The van der Waals surface area contributed by atoms with E-state index >= 15 is 0 Å². The Hall–Kier alpha value is -0.650. The predicted octanol–water partition coefficient (Wildman–Crippen LogP) is 1.64. The van der Waals surface area contributed by atoms with Gasteiger partial charge in [-0.2, -0.15) is 0 Å². The van der Waals surface area contributed by atoms with Crippen LogP contribution in [0.3, 0.4) is 0 Å². The number of carbonyl (C=O) groups is 1. The average molecular weight is 312 g/mol. The molecule has 1 N–H and O–H groups in total. The zero-order chi connectivity index (χ0) is 15.9. The third-order valence-corrected chi connectivity index (χ3v) is 5.13. The molecule has 2 unspecified atom stereocenters. The van der Waals surface area contributed by atoms with Gasteiger partial charge in [0.15, 0.2) is 0 Å². The standard InChI is InChI=1S/C17H32N2O3/c1-3-14(13-20)18-9-11-19(12-10-18)17(21)16(4-2)22-15-7-5-6-8-15/h14-16,20H,3-13H2,1-2H3. The van der Waals surface area contributed by atoms with Gasteiger partial charge in [-0.05, 0) is 25.7 Å². The number of piperazine rings is 1. The maximum Gasteiger partial charge on any atom is 0.251 e. The van der Waals surface area contributed by atoms with Crippen LogP contribution >= 0.6 is 0 Å². The van der Waals surface area contributed by atoms with E-state index in [1.165, 1.54) is 12.8 Å². The van der Waals surface area contributed by atoms with Crippen molar-refractivity contribution in [2.45, 2.75) is 70.6 Å². The molecule has 0 bridgehead atoms. The van der Waals surface area contributed by atoms with Crippen LogP contribution in [0.5, 0.6) is 0 Å². The molecule has 5 nitrogen and oxygen atoms in total. The topological polar surface area (TPSA) is 53.0 Å². The van der Waals surface area contributed by atoms with E-state index in [0.717, 1.165) is 51.9 Å². The molecule has 0 spiro atoms. The number of aliphatic hydroxyl groups is 1. The van der Waals surface area contributed by atoms with E-state index in [0.29, 0.717) is 0 Å². The Kier molecular flexibility index (Phi) is 7.12. The summed E-state index contributed by atoms with van der Waals surface area (Å²) in [6.45, 7) is 7.54. The van der Waals surface area contributed by atoms with E-state index in [9.17, 15) is 9.90 Å². The van der Waals surface area contributed by atoms with Crippen molar-refractivity contribution in [1.82, 2.24) is 9.80 Å². The Morgan fingerprint density at radius 1 is 1.14 bits per heavy atom. The fourth-order valence-electron chi connectivity index (χ4n) is 3.60. The first-order valence-corrected chi connectivity index (χ1v) is 8.98. The number of nitrogens with zero attached hydrogens (tertiary/aromatic N) is 2. The van der Waals surface area contributed by atoms with Gasteiger partial charge in [0, 0.05) is 32.2 Å². The van der Waals surface area contributed by atoms with Gasteiger partial charge in [0.2, 0.25) is 0 Å². The van der Waals surface area contributed by atoms with Gasteiger partial charge in [-0.25, -0.2) is 0 Å². The van der Waals surface area contributed by atoms with Crippen molar-refractivity contribution in [1.29, 1.82) is 0 Å². The van der Waals surface area contributed by atoms with Gasteiger partial charge in [-0.1, -0.05) is 26.7 Å². The molecule has 0 aromatic rings. The Morgan fingerprint density at radius 2 is 1.77 bits per heavy atom. The molecule has 2 fully saturated rings. The predicted molar refractivity (Wildman–Crippen MR) is 86.7 cm³/mol. The van der Waals surface area contributed by atoms with E-state index in [4.69, 9.17) is 4.74 Å². The molecule has 1 aliphatic carbocycles. The summed E-state index contributed by atoms with van der Waals surface area (Å²) >= 11 is 0. The lowest BCUT2D eigenvalue weighted by Gasteiger charge is -2.39. The lowest BCUT2D eigenvalue weighted by atomic mass is 10.1. The first kappa shape index (κ1) is 17.7. The van der Waals surface area contributed by atoms with Crippen molar-refractivity contribution < 1.29 is 14.6 Å². The molecule has 1 amide bonds. The van der Waals surface area contributed by atoms with Crippen molar-refractivity contribution >= 4 is 5.91 Å². The summed E-state index contributed by atoms with van der Waals surface area (Å²) < 4.78 is 6.05. The number of hydrogen-bond acceptors (Lipinski definition) is 4. The van der Waals surface area contributed by atoms with Crippen LogP contribution in [-0.2, 0) is 9.53 Å². The highest BCUT2D eigenvalue weighted by atomic mass is 16.5. The van der Waals surface area contributed by atoms with Crippen LogP contribution in [0.1, 0.15) is 52.4 Å². The highest BCUT2D eigenvalue weighted by molar-refractivity contribution is 5.81. The smallest absolute Gasteiger partial charge is 0.251 e. The van der Waals surface area contributed by atoms with E-state index in [1.54, 1.807) is 0 Å². The van der Waals surface area contributed by atoms with Crippen LogP contribution in [0.2, 0.25) is 0 Å². The van der Waals surface area contributed by atoms with Crippen molar-refractivity contribution in [2.75, 3.05) is 32.8 Å². The van der Waals surface area contributed by atoms with E-state index < -0.39 is 0 Å². The monoisotopic (exact) mass is 312 g/mol. The Balaban J connectivity index is 1.82. The van der Waals surface area contributed by atoms with Crippen LogP contribution in [0.4, 0.5) is 0 Å². The lowest BCUT2D eigenvalue weighted by Crippen LogP contribution is -2.55. The maximum atomic E-state index is 12.7. The van der Waals surface area contributed by atoms with Crippen LogP contribution in [-0.4, -0.2) is 71.8 Å². The molecule has 0 aromatic carbocycles. The second kappa shape index (κ2) is 8.85. The first-order chi connectivity index (χ1) is 10.7. The normalized spacial score (nSPS) is 23.7. The number of carbonyl (C=O) groups excluding carboxylic acids is 1. The number of rotatable bonds is 7. The maximum absolute atomic E-state index is 12.7.